The van der Waals surface area contributed by atoms with Crippen LogP contribution >= 0.6 is 11.6 Å². The maximum Gasteiger partial charge on any atom is 0.328 e. The summed E-state index contributed by atoms with van der Waals surface area (Å²) >= 11 is 6.07. The molecule has 4 amide bonds. The van der Waals surface area contributed by atoms with Gasteiger partial charge in [0.25, 0.3) is 17.7 Å². The number of nitrogen functional groups attached to an aromatic ring is 1. The lowest BCUT2D eigenvalue weighted by Crippen LogP contribution is -2.57. The third-order valence-corrected chi connectivity index (χ3v) is 7.34. The molecule has 12 nitrogen and oxygen atoms in total. The molecule has 17 heteroatoms. The molecule has 0 aromatic heterocycles. The van der Waals surface area contributed by atoms with Crippen LogP contribution in [0.3, 0.4) is 0 Å². The van der Waals surface area contributed by atoms with Gasteiger partial charge in [-0.2, -0.15) is 8.78 Å². The lowest BCUT2D eigenvalue weighted by atomic mass is 9.85. The predicted molar refractivity (Wildman–Crippen MR) is 181 cm³/mol. The molecule has 3 aromatic carbocycles. The number of benzene rings is 3. The zero-order valence-electron chi connectivity index (χ0n) is 29.0. The van der Waals surface area contributed by atoms with Gasteiger partial charge in [0.1, 0.15) is 24.2 Å². The number of nitrogens with one attached hydrogen (secondary N) is 3. The number of carbonyl (C=O) groups is 5. The normalized spacial score (nSPS) is 12.6. The van der Waals surface area contributed by atoms with E-state index in [1.165, 1.54) is 51.1 Å². The predicted octanol–water partition coefficient (Wildman–Crippen LogP) is 4.76. The molecule has 3 aromatic rings. The first kappa shape index (κ1) is 41.0. The first-order chi connectivity index (χ1) is 24.1. The molecule has 52 heavy (non-hydrogen) atoms. The van der Waals surface area contributed by atoms with Crippen LogP contribution in [0.25, 0.3) is 0 Å². The van der Waals surface area contributed by atoms with Gasteiger partial charge >= 0.3 is 5.97 Å². The number of hydrogen-bond donors (Lipinski definition) is 4. The molecule has 3 rings (SSSR count). The summed E-state index contributed by atoms with van der Waals surface area (Å²) < 4.78 is 65.9. The SMILES string of the molecule is CC(C)(C)OC(=O)CN(NC(=O)C(NC(=O)[C@@H](NC(=O)c1ccc(N)c(Cl)c1)C(C)(C)C)c1ccccc1)C(=O)COc1c(F)c(F)cc(F)c1F. The van der Waals surface area contributed by atoms with Gasteiger partial charge < -0.3 is 25.8 Å². The van der Waals surface area contributed by atoms with E-state index in [0.717, 1.165) is 0 Å². The molecule has 0 aliphatic rings. The summed E-state index contributed by atoms with van der Waals surface area (Å²) in [5.41, 5.74) is 6.45. The Morgan fingerprint density at radius 1 is 0.846 bits per heavy atom. The summed E-state index contributed by atoms with van der Waals surface area (Å²) in [5.74, 6) is -14.0. The van der Waals surface area contributed by atoms with Crippen molar-refractivity contribution in [1.29, 1.82) is 0 Å². The first-order valence-corrected chi connectivity index (χ1v) is 16.0. The Hall–Kier alpha value is -5.38. The van der Waals surface area contributed by atoms with Crippen LogP contribution in [0.2, 0.25) is 5.02 Å². The van der Waals surface area contributed by atoms with E-state index < -0.39 is 94.9 Å². The van der Waals surface area contributed by atoms with Gasteiger partial charge in [-0.3, -0.25) is 29.4 Å². The van der Waals surface area contributed by atoms with Gasteiger partial charge in [-0.1, -0.05) is 62.7 Å². The Morgan fingerprint density at radius 3 is 1.98 bits per heavy atom. The third-order valence-electron chi connectivity index (χ3n) is 7.01. The zero-order chi connectivity index (χ0) is 39.1. The minimum atomic E-state index is -1.93. The number of rotatable bonds is 11. The molecule has 0 saturated heterocycles. The quantitative estimate of drug-likeness (QED) is 0.0715. The molecule has 280 valence electrons. The number of amides is 4. The van der Waals surface area contributed by atoms with E-state index in [4.69, 9.17) is 26.8 Å². The molecule has 5 N–H and O–H groups in total. The van der Waals surface area contributed by atoms with Gasteiger partial charge in [-0.25, -0.2) is 13.8 Å². The second-order valence-corrected chi connectivity index (χ2v) is 13.9. The van der Waals surface area contributed by atoms with Crippen LogP contribution in [0.1, 0.15) is 63.5 Å². The van der Waals surface area contributed by atoms with Crippen LogP contribution in [0, 0.1) is 28.7 Å². The van der Waals surface area contributed by atoms with E-state index in [1.54, 1.807) is 39.0 Å². The molecule has 0 spiro atoms. The Labute approximate surface area is 301 Å². The highest BCUT2D eigenvalue weighted by Gasteiger charge is 2.37. The second-order valence-electron chi connectivity index (χ2n) is 13.5. The number of carbonyl (C=O) groups excluding carboxylic acids is 5. The van der Waals surface area contributed by atoms with Crippen molar-refractivity contribution in [2.45, 2.75) is 59.2 Å². The van der Waals surface area contributed by atoms with Gasteiger partial charge in [-0.05, 0) is 49.9 Å². The molecule has 0 radical (unpaired) electrons. The number of hydrazine groups is 1. The van der Waals surface area contributed by atoms with Crippen LogP contribution in [-0.2, 0) is 23.9 Å². The van der Waals surface area contributed by atoms with E-state index >= 15 is 0 Å². The van der Waals surface area contributed by atoms with E-state index in [0.29, 0.717) is 5.01 Å². The van der Waals surface area contributed by atoms with E-state index in [-0.39, 0.29) is 27.9 Å². The van der Waals surface area contributed by atoms with Crippen molar-refractivity contribution in [1.82, 2.24) is 21.1 Å². The maximum absolute atomic E-state index is 14.2. The molecule has 0 bridgehead atoms. The fourth-order valence-corrected chi connectivity index (χ4v) is 4.69. The summed E-state index contributed by atoms with van der Waals surface area (Å²) in [6, 6.07) is 8.90. The van der Waals surface area contributed by atoms with Crippen molar-refractivity contribution in [2.75, 3.05) is 18.9 Å². The minimum absolute atomic E-state index is 0.0599. The number of esters is 1. The molecule has 0 saturated carbocycles. The summed E-state index contributed by atoms with van der Waals surface area (Å²) in [7, 11) is 0. The Balaban J connectivity index is 1.93. The third kappa shape index (κ3) is 11.1. The summed E-state index contributed by atoms with van der Waals surface area (Å²) in [6.07, 6.45) is 0. The van der Waals surface area contributed by atoms with Gasteiger partial charge in [0.15, 0.2) is 24.0 Å². The van der Waals surface area contributed by atoms with Gasteiger partial charge in [0.05, 0.1) is 10.7 Å². The fourth-order valence-electron chi connectivity index (χ4n) is 4.51. The van der Waals surface area contributed by atoms with Gasteiger partial charge in [-0.15, -0.1) is 0 Å². The number of hydrogen-bond acceptors (Lipinski definition) is 8. The van der Waals surface area contributed by atoms with Gasteiger partial charge in [0.2, 0.25) is 17.5 Å². The average Bonchev–Trinajstić information content (AvgIpc) is 3.04. The molecular weight excluding hydrogens is 714 g/mol. The van der Waals surface area contributed by atoms with Crippen molar-refractivity contribution in [3.8, 4) is 5.75 Å². The minimum Gasteiger partial charge on any atom is -0.477 e. The zero-order valence-corrected chi connectivity index (χ0v) is 29.8. The van der Waals surface area contributed by atoms with Crippen LogP contribution < -0.4 is 26.5 Å². The molecule has 0 heterocycles. The number of halogens is 5. The smallest absolute Gasteiger partial charge is 0.328 e. The largest absolute Gasteiger partial charge is 0.477 e. The van der Waals surface area contributed by atoms with E-state index in [9.17, 15) is 41.5 Å². The maximum atomic E-state index is 14.2. The number of anilines is 1. The highest BCUT2D eigenvalue weighted by molar-refractivity contribution is 6.33. The first-order valence-electron chi connectivity index (χ1n) is 15.6. The van der Waals surface area contributed by atoms with Crippen molar-refractivity contribution in [3.05, 3.63) is 94.0 Å². The van der Waals surface area contributed by atoms with Crippen molar-refractivity contribution in [2.24, 2.45) is 5.41 Å². The topological polar surface area (TPSA) is 169 Å². The molecule has 0 aliphatic carbocycles. The monoisotopic (exact) mass is 751 g/mol. The summed E-state index contributed by atoms with van der Waals surface area (Å²) in [6.45, 7) is 7.23. The molecule has 0 fully saturated rings. The van der Waals surface area contributed by atoms with Crippen LogP contribution in [-0.4, -0.2) is 59.4 Å². The number of nitrogens with zero attached hydrogens (tertiary/aromatic N) is 1. The van der Waals surface area contributed by atoms with Crippen molar-refractivity contribution in [3.63, 3.8) is 0 Å². The number of nitrogens with two attached hydrogens (primary N) is 1. The molecular formula is C35H38ClF4N5O7. The van der Waals surface area contributed by atoms with Crippen LogP contribution in [0.15, 0.2) is 54.6 Å². The van der Waals surface area contributed by atoms with Gasteiger partial charge in [0, 0.05) is 11.6 Å². The van der Waals surface area contributed by atoms with Crippen LogP contribution in [0.5, 0.6) is 5.75 Å². The summed E-state index contributed by atoms with van der Waals surface area (Å²) in [5, 5.41) is 5.69. The van der Waals surface area contributed by atoms with Crippen molar-refractivity contribution >= 4 is 46.9 Å². The molecule has 0 aliphatic heterocycles. The lowest BCUT2D eigenvalue weighted by Gasteiger charge is -2.32. The highest BCUT2D eigenvalue weighted by atomic mass is 35.5. The van der Waals surface area contributed by atoms with Crippen molar-refractivity contribution < 1.29 is 51.0 Å². The lowest BCUT2D eigenvalue weighted by molar-refractivity contribution is -0.162. The number of ether oxygens (including phenoxy) is 2. The second kappa shape index (κ2) is 16.8. The Morgan fingerprint density at radius 2 is 1.44 bits per heavy atom. The molecule has 1 unspecified atom stereocenters. The van der Waals surface area contributed by atoms with E-state index in [1.807, 2.05) is 0 Å². The molecule has 2 atom stereocenters. The Bertz CT molecular complexity index is 1810. The van der Waals surface area contributed by atoms with E-state index in [2.05, 4.69) is 16.1 Å². The fraction of sp³-hybridized carbons (Fsp3) is 0.343. The average molecular weight is 752 g/mol. The Kier molecular flexibility index (Phi) is 13.2. The highest BCUT2D eigenvalue weighted by Crippen LogP contribution is 2.27. The van der Waals surface area contributed by atoms with Crippen LogP contribution in [0.4, 0.5) is 23.2 Å². The standard InChI is InChI=1S/C35H38ClF4N5O7/c1-34(2,3)30(43-31(48)19-12-13-23(41)20(36)14-19)33(50)42-28(18-10-8-7-9-11-18)32(49)44-45(16-25(47)52-35(4,5)6)24(46)17-51-29-26(39)21(37)15-22(38)27(29)40/h7-15,28,30H,16-17,41H2,1-6H3,(H,42,50)(H,43,48)(H,44,49)/t28?,30-/m1/s1. The summed E-state index contributed by atoms with van der Waals surface area (Å²) in [4.78, 5) is 66.9.